The molecule has 0 atom stereocenters. The highest BCUT2D eigenvalue weighted by molar-refractivity contribution is 14.1. The lowest BCUT2D eigenvalue weighted by atomic mass is 10.1. The van der Waals surface area contributed by atoms with Crippen LogP contribution in [0.5, 0.6) is 0 Å². The molecule has 20 heavy (non-hydrogen) atoms. The van der Waals surface area contributed by atoms with Crippen LogP contribution in [0.3, 0.4) is 0 Å². The van der Waals surface area contributed by atoms with Crippen LogP contribution in [0, 0.1) is 3.57 Å². The number of carbonyl (C=O) groups excluding carboxylic acids is 1. The number of amides is 1. The molecule has 2 rings (SSSR count). The number of rotatable bonds is 4. The quantitative estimate of drug-likeness (QED) is 0.712. The highest BCUT2D eigenvalue weighted by atomic mass is 127. The molecule has 0 bridgehead atoms. The van der Waals surface area contributed by atoms with Crippen molar-refractivity contribution >= 4 is 50.4 Å². The van der Waals surface area contributed by atoms with Crippen molar-refractivity contribution in [1.82, 2.24) is 4.90 Å². The van der Waals surface area contributed by atoms with Crippen molar-refractivity contribution in [3.8, 4) is 0 Å². The first-order chi connectivity index (χ1) is 9.49. The topological polar surface area (TPSA) is 57.6 Å². The summed E-state index contributed by atoms with van der Waals surface area (Å²) in [6.07, 6.45) is 3.90. The van der Waals surface area contributed by atoms with Gasteiger partial charge < -0.3 is 10.0 Å². The van der Waals surface area contributed by atoms with Crippen LogP contribution in [-0.2, 0) is 4.79 Å². The van der Waals surface area contributed by atoms with Crippen molar-refractivity contribution in [1.29, 1.82) is 0 Å². The average Bonchev–Trinajstić information content (AvgIpc) is 2.91. The Morgan fingerprint density at radius 2 is 2.00 bits per heavy atom. The van der Waals surface area contributed by atoms with Gasteiger partial charge in [-0.25, -0.2) is 0 Å². The number of carboxylic acid groups (broad SMARTS) is 1. The van der Waals surface area contributed by atoms with E-state index in [-0.39, 0.29) is 18.5 Å². The van der Waals surface area contributed by atoms with E-state index in [1.165, 1.54) is 4.90 Å². The van der Waals surface area contributed by atoms with Crippen LogP contribution < -0.4 is 0 Å². The van der Waals surface area contributed by atoms with E-state index in [0.29, 0.717) is 5.56 Å². The third-order valence-electron chi connectivity index (χ3n) is 3.49. The zero-order valence-corrected chi connectivity index (χ0v) is 14.6. The number of benzene rings is 1. The Morgan fingerprint density at radius 1 is 1.35 bits per heavy atom. The Morgan fingerprint density at radius 3 is 2.60 bits per heavy atom. The Hall–Kier alpha value is -0.630. The molecule has 4 nitrogen and oxygen atoms in total. The van der Waals surface area contributed by atoms with Gasteiger partial charge in [0.1, 0.15) is 6.54 Å². The highest BCUT2D eigenvalue weighted by Gasteiger charge is 2.29. The van der Waals surface area contributed by atoms with Crippen molar-refractivity contribution in [2.45, 2.75) is 31.7 Å². The van der Waals surface area contributed by atoms with Crippen molar-refractivity contribution in [2.75, 3.05) is 6.54 Å². The molecule has 0 saturated heterocycles. The van der Waals surface area contributed by atoms with Gasteiger partial charge >= 0.3 is 5.97 Å². The molecule has 0 aromatic heterocycles. The van der Waals surface area contributed by atoms with Gasteiger partial charge in [0.25, 0.3) is 5.91 Å². The summed E-state index contributed by atoms with van der Waals surface area (Å²) in [7, 11) is 0. The molecule has 1 fully saturated rings. The van der Waals surface area contributed by atoms with Gasteiger partial charge in [0.05, 0.1) is 5.56 Å². The first-order valence-electron chi connectivity index (χ1n) is 6.47. The molecule has 1 saturated carbocycles. The lowest BCUT2D eigenvalue weighted by molar-refractivity contribution is -0.138. The second-order valence-electron chi connectivity index (χ2n) is 4.89. The maximum atomic E-state index is 12.7. The molecule has 1 aromatic carbocycles. The van der Waals surface area contributed by atoms with Crippen molar-refractivity contribution < 1.29 is 14.7 Å². The number of hydrogen-bond donors (Lipinski definition) is 1. The molecule has 1 amide bonds. The first-order valence-corrected chi connectivity index (χ1v) is 8.34. The minimum atomic E-state index is -0.963. The summed E-state index contributed by atoms with van der Waals surface area (Å²) in [6.45, 7) is -0.230. The molecular weight excluding hydrogens is 437 g/mol. The molecule has 1 N–H and O–H groups in total. The Labute approximate surface area is 139 Å². The average molecular weight is 452 g/mol. The van der Waals surface area contributed by atoms with Gasteiger partial charge in [0.2, 0.25) is 0 Å². The standard InChI is InChI=1S/C14H15BrINO3/c15-9-5-6-12(16)11(7-9)14(20)17(8-13(18)19)10-3-1-2-4-10/h5-7,10H,1-4,8H2,(H,18,19). The summed E-state index contributed by atoms with van der Waals surface area (Å²) in [4.78, 5) is 25.2. The SMILES string of the molecule is O=C(O)CN(C(=O)c1cc(Br)ccc1I)C1CCCC1. The Balaban J connectivity index is 2.29. The van der Waals surface area contributed by atoms with Gasteiger partial charge in [-0.1, -0.05) is 28.8 Å². The van der Waals surface area contributed by atoms with E-state index in [9.17, 15) is 9.59 Å². The van der Waals surface area contributed by atoms with E-state index < -0.39 is 5.97 Å². The van der Waals surface area contributed by atoms with Crippen molar-refractivity contribution in [3.05, 3.63) is 31.8 Å². The van der Waals surface area contributed by atoms with Crippen LogP contribution in [0.15, 0.2) is 22.7 Å². The number of nitrogens with zero attached hydrogens (tertiary/aromatic N) is 1. The van der Waals surface area contributed by atoms with Gasteiger partial charge in [-0.2, -0.15) is 0 Å². The summed E-state index contributed by atoms with van der Waals surface area (Å²) in [5.41, 5.74) is 0.563. The minimum Gasteiger partial charge on any atom is -0.480 e. The molecule has 108 valence electrons. The van der Waals surface area contributed by atoms with Crippen LogP contribution in [-0.4, -0.2) is 34.5 Å². The smallest absolute Gasteiger partial charge is 0.323 e. The van der Waals surface area contributed by atoms with Gasteiger partial charge in [-0.3, -0.25) is 9.59 Å². The summed E-state index contributed by atoms with van der Waals surface area (Å²) in [5.74, 6) is -1.15. The first kappa shape index (κ1) is 15.8. The highest BCUT2D eigenvalue weighted by Crippen LogP contribution is 2.27. The van der Waals surface area contributed by atoms with Gasteiger partial charge in [-0.05, 0) is 53.6 Å². The molecule has 0 radical (unpaired) electrons. The van der Waals surface area contributed by atoms with E-state index in [4.69, 9.17) is 5.11 Å². The second-order valence-corrected chi connectivity index (χ2v) is 6.97. The molecule has 0 spiro atoms. The zero-order valence-electron chi connectivity index (χ0n) is 10.8. The lowest BCUT2D eigenvalue weighted by Gasteiger charge is -2.27. The molecule has 1 aliphatic carbocycles. The maximum Gasteiger partial charge on any atom is 0.323 e. The third-order valence-corrected chi connectivity index (χ3v) is 4.92. The van der Waals surface area contributed by atoms with E-state index in [2.05, 4.69) is 38.5 Å². The van der Waals surface area contributed by atoms with E-state index in [0.717, 1.165) is 33.7 Å². The predicted octanol–water partition coefficient (Wildman–Crippen LogP) is 3.52. The summed E-state index contributed by atoms with van der Waals surface area (Å²) in [5, 5.41) is 9.06. The van der Waals surface area contributed by atoms with Gasteiger partial charge in [0, 0.05) is 14.1 Å². The zero-order chi connectivity index (χ0) is 14.7. The summed E-state index contributed by atoms with van der Waals surface area (Å²) in [6, 6.07) is 5.53. The Kier molecular flexibility index (Phi) is 5.42. The largest absolute Gasteiger partial charge is 0.480 e. The van der Waals surface area contributed by atoms with Crippen LogP contribution in [0.1, 0.15) is 36.0 Å². The van der Waals surface area contributed by atoms with E-state index >= 15 is 0 Å². The fourth-order valence-electron chi connectivity index (χ4n) is 2.54. The van der Waals surface area contributed by atoms with E-state index in [1.54, 1.807) is 6.07 Å². The minimum absolute atomic E-state index is 0.0494. The van der Waals surface area contributed by atoms with Crippen LogP contribution in [0.4, 0.5) is 0 Å². The number of carboxylic acids is 1. The third kappa shape index (κ3) is 3.72. The maximum absolute atomic E-state index is 12.7. The van der Waals surface area contributed by atoms with Crippen molar-refractivity contribution in [3.63, 3.8) is 0 Å². The Bertz CT molecular complexity index is 529. The molecule has 6 heteroatoms. The van der Waals surface area contributed by atoms with Gasteiger partial charge in [-0.15, -0.1) is 0 Å². The monoisotopic (exact) mass is 451 g/mol. The molecule has 0 heterocycles. The number of halogens is 2. The van der Waals surface area contributed by atoms with Gasteiger partial charge in [0.15, 0.2) is 0 Å². The fourth-order valence-corrected chi connectivity index (χ4v) is 3.47. The van der Waals surface area contributed by atoms with Crippen LogP contribution >= 0.6 is 38.5 Å². The number of hydrogen-bond acceptors (Lipinski definition) is 2. The summed E-state index contributed by atoms with van der Waals surface area (Å²) < 4.78 is 1.66. The summed E-state index contributed by atoms with van der Waals surface area (Å²) >= 11 is 5.46. The molecule has 0 aliphatic heterocycles. The lowest BCUT2D eigenvalue weighted by Crippen LogP contribution is -2.42. The number of carbonyl (C=O) groups is 2. The van der Waals surface area contributed by atoms with Crippen LogP contribution in [0.2, 0.25) is 0 Å². The molecule has 1 aliphatic rings. The molecule has 0 unspecified atom stereocenters. The second kappa shape index (κ2) is 6.89. The van der Waals surface area contributed by atoms with Crippen LogP contribution in [0.25, 0.3) is 0 Å². The molecular formula is C14H15BrINO3. The fraction of sp³-hybridized carbons (Fsp3) is 0.429. The normalized spacial score (nSPS) is 15.3. The number of aliphatic carboxylic acids is 1. The van der Waals surface area contributed by atoms with Crippen molar-refractivity contribution in [2.24, 2.45) is 0 Å². The molecule has 1 aromatic rings. The predicted molar refractivity (Wildman–Crippen MR) is 87.8 cm³/mol. The van der Waals surface area contributed by atoms with E-state index in [1.807, 2.05) is 12.1 Å².